The fourth-order valence-corrected chi connectivity index (χ4v) is 3.73. The molecule has 0 fully saturated rings. The van der Waals surface area contributed by atoms with Gasteiger partial charge in [0.2, 0.25) is 5.56 Å². The molecular formula is C25H22F2N4O3. The number of aryl methyl sites for hydroxylation is 2. The lowest BCUT2D eigenvalue weighted by Crippen LogP contribution is -2.44. The number of halogens is 2. The predicted molar refractivity (Wildman–Crippen MR) is 124 cm³/mol. The van der Waals surface area contributed by atoms with Gasteiger partial charge in [0.15, 0.2) is 0 Å². The first-order valence-electron chi connectivity index (χ1n) is 10.4. The van der Waals surface area contributed by atoms with Gasteiger partial charge in [-0.3, -0.25) is 9.59 Å². The molecule has 0 spiro atoms. The molecule has 2 N–H and O–H groups in total. The molecule has 2 aromatic carbocycles. The number of carbonyl (C=O) groups is 2. The van der Waals surface area contributed by atoms with Crippen LogP contribution in [0.25, 0.3) is 11.1 Å². The van der Waals surface area contributed by atoms with Crippen LogP contribution in [0.1, 0.15) is 17.2 Å². The highest BCUT2D eigenvalue weighted by Crippen LogP contribution is 2.31. The normalized spacial score (nSPS) is 15.6. The largest absolute Gasteiger partial charge is 0.327 e. The maximum Gasteiger partial charge on any atom is 0.321 e. The van der Waals surface area contributed by atoms with Gasteiger partial charge in [-0.1, -0.05) is 12.1 Å². The number of carbonyl (C=O) groups excluding carboxylic acids is 2. The van der Waals surface area contributed by atoms with E-state index in [2.05, 4.69) is 10.6 Å². The molecule has 1 aliphatic heterocycles. The average Bonchev–Trinajstić information content (AvgIpc) is 2.79. The zero-order chi connectivity index (χ0) is 24.6. The summed E-state index contributed by atoms with van der Waals surface area (Å²) in [6.45, 7) is 1.66. The lowest BCUT2D eigenvalue weighted by atomic mass is 9.96. The van der Waals surface area contributed by atoms with Gasteiger partial charge in [0, 0.05) is 49.4 Å². The lowest BCUT2D eigenvalue weighted by Gasteiger charge is -2.30. The molecule has 4 rings (SSSR count). The third-order valence-electron chi connectivity index (χ3n) is 5.66. The molecule has 1 aliphatic rings. The standard InChI is InChI=1S/C25H22F2N4O3/c1-14-10-20(27)18(16-6-9-22(32)30(2)12-16)11-21(14)28-24(33)19-13-31(3)25(34)29-23(19)15-4-7-17(26)8-5-15/h4-13,23H,1-3H3,(H,28,33)(H,29,34)/t23-/m0/s1. The quantitative estimate of drug-likeness (QED) is 0.615. The van der Waals surface area contributed by atoms with E-state index in [1.165, 1.54) is 77.4 Å². The third kappa shape index (κ3) is 4.45. The molecule has 3 aromatic rings. The van der Waals surface area contributed by atoms with E-state index in [1.807, 2.05) is 0 Å². The second kappa shape index (κ2) is 8.93. The van der Waals surface area contributed by atoms with Crippen LogP contribution >= 0.6 is 0 Å². The number of aromatic nitrogens is 1. The van der Waals surface area contributed by atoms with Crippen molar-refractivity contribution in [3.8, 4) is 11.1 Å². The van der Waals surface area contributed by atoms with Gasteiger partial charge in [-0.25, -0.2) is 13.6 Å². The zero-order valence-electron chi connectivity index (χ0n) is 18.7. The van der Waals surface area contributed by atoms with E-state index >= 15 is 0 Å². The summed E-state index contributed by atoms with van der Waals surface area (Å²) in [6, 6.07) is 9.93. The van der Waals surface area contributed by atoms with Crippen LogP contribution in [0.2, 0.25) is 0 Å². The number of rotatable bonds is 4. The molecule has 0 unspecified atom stereocenters. The average molecular weight is 464 g/mol. The number of anilines is 1. The Kier molecular flexibility index (Phi) is 6.02. The van der Waals surface area contributed by atoms with Crippen LogP contribution in [0.15, 0.2) is 71.3 Å². The molecule has 0 radical (unpaired) electrons. The first-order valence-corrected chi connectivity index (χ1v) is 10.4. The lowest BCUT2D eigenvalue weighted by molar-refractivity contribution is -0.113. The smallest absolute Gasteiger partial charge is 0.321 e. The summed E-state index contributed by atoms with van der Waals surface area (Å²) in [5.41, 5.74) is 2.08. The zero-order valence-corrected chi connectivity index (χ0v) is 18.7. The van der Waals surface area contributed by atoms with Gasteiger partial charge in [0.05, 0.1) is 11.6 Å². The number of urea groups is 1. The third-order valence-corrected chi connectivity index (χ3v) is 5.66. The summed E-state index contributed by atoms with van der Waals surface area (Å²) in [5, 5.41) is 5.53. The van der Waals surface area contributed by atoms with Gasteiger partial charge < -0.3 is 20.1 Å². The minimum absolute atomic E-state index is 0.217. The van der Waals surface area contributed by atoms with Crippen LogP contribution in [-0.4, -0.2) is 28.5 Å². The molecule has 0 aliphatic carbocycles. The first-order chi connectivity index (χ1) is 16.1. The highest BCUT2D eigenvalue weighted by atomic mass is 19.1. The van der Waals surface area contributed by atoms with Crippen LogP contribution in [-0.2, 0) is 11.8 Å². The SMILES string of the molecule is Cc1cc(F)c(-c2ccc(=O)n(C)c2)cc1NC(=O)C1=CN(C)C(=O)N[C@H]1c1ccc(F)cc1. The fraction of sp³-hybridized carbons (Fsp3) is 0.160. The number of amides is 3. The molecule has 3 amide bonds. The van der Waals surface area contributed by atoms with Crippen molar-refractivity contribution in [3.05, 3.63) is 99.6 Å². The fourth-order valence-electron chi connectivity index (χ4n) is 3.73. The number of pyridine rings is 1. The van der Waals surface area contributed by atoms with Crippen molar-refractivity contribution in [2.45, 2.75) is 13.0 Å². The van der Waals surface area contributed by atoms with E-state index < -0.39 is 29.6 Å². The predicted octanol–water partition coefficient (Wildman–Crippen LogP) is 3.86. The Bertz CT molecular complexity index is 1380. The molecule has 0 saturated carbocycles. The van der Waals surface area contributed by atoms with Crippen molar-refractivity contribution in [1.82, 2.24) is 14.8 Å². The van der Waals surface area contributed by atoms with E-state index in [0.29, 0.717) is 22.4 Å². The summed E-state index contributed by atoms with van der Waals surface area (Å²) < 4.78 is 29.5. The molecule has 9 heteroatoms. The highest BCUT2D eigenvalue weighted by Gasteiger charge is 2.31. The number of nitrogens with zero attached hydrogens (tertiary/aromatic N) is 2. The van der Waals surface area contributed by atoms with Gasteiger partial charge in [-0.2, -0.15) is 0 Å². The minimum Gasteiger partial charge on any atom is -0.327 e. The van der Waals surface area contributed by atoms with Crippen molar-refractivity contribution in [1.29, 1.82) is 0 Å². The minimum atomic E-state index is -0.798. The molecule has 7 nitrogen and oxygen atoms in total. The van der Waals surface area contributed by atoms with Crippen LogP contribution in [0.4, 0.5) is 19.3 Å². The van der Waals surface area contributed by atoms with Gasteiger partial charge in [-0.15, -0.1) is 0 Å². The number of benzene rings is 2. The molecule has 0 bridgehead atoms. The number of hydrogen-bond donors (Lipinski definition) is 2. The van der Waals surface area contributed by atoms with Crippen molar-refractivity contribution >= 4 is 17.6 Å². The number of nitrogens with one attached hydrogen (secondary N) is 2. The molecule has 174 valence electrons. The van der Waals surface area contributed by atoms with Crippen molar-refractivity contribution < 1.29 is 18.4 Å². The van der Waals surface area contributed by atoms with Crippen molar-refractivity contribution in [3.63, 3.8) is 0 Å². The molecule has 1 atom stereocenters. The molecule has 34 heavy (non-hydrogen) atoms. The van der Waals surface area contributed by atoms with Crippen LogP contribution < -0.4 is 16.2 Å². The van der Waals surface area contributed by atoms with E-state index in [9.17, 15) is 23.2 Å². The van der Waals surface area contributed by atoms with Crippen molar-refractivity contribution in [2.75, 3.05) is 12.4 Å². The van der Waals surface area contributed by atoms with Crippen molar-refractivity contribution in [2.24, 2.45) is 7.05 Å². The maximum absolute atomic E-state index is 14.8. The van der Waals surface area contributed by atoms with Gasteiger partial charge in [0.1, 0.15) is 11.6 Å². The summed E-state index contributed by atoms with van der Waals surface area (Å²) >= 11 is 0. The van der Waals surface area contributed by atoms with Crippen LogP contribution in [0, 0.1) is 18.6 Å². The monoisotopic (exact) mass is 464 g/mol. The summed E-state index contributed by atoms with van der Waals surface area (Å²) in [4.78, 5) is 38.4. The Hall–Kier alpha value is -4.27. The molecule has 0 saturated heterocycles. The second-order valence-corrected chi connectivity index (χ2v) is 8.10. The Labute approximate surface area is 194 Å². The van der Waals surface area contributed by atoms with Gasteiger partial charge in [-0.05, 0) is 48.4 Å². The summed E-state index contributed by atoms with van der Waals surface area (Å²) in [7, 11) is 3.07. The van der Waals surface area contributed by atoms with E-state index in [0.717, 1.165) is 0 Å². The second-order valence-electron chi connectivity index (χ2n) is 8.10. The van der Waals surface area contributed by atoms with E-state index in [4.69, 9.17) is 0 Å². The molecular weight excluding hydrogens is 442 g/mol. The Morgan fingerprint density at radius 2 is 1.74 bits per heavy atom. The topological polar surface area (TPSA) is 83.4 Å². The first kappa shape index (κ1) is 22.9. The Balaban J connectivity index is 1.69. The summed E-state index contributed by atoms with van der Waals surface area (Å²) in [6.07, 6.45) is 2.93. The molecule has 1 aromatic heterocycles. The van der Waals surface area contributed by atoms with Crippen LogP contribution in [0.5, 0.6) is 0 Å². The Morgan fingerprint density at radius 1 is 1.03 bits per heavy atom. The highest BCUT2D eigenvalue weighted by molar-refractivity contribution is 6.06. The van der Waals surface area contributed by atoms with E-state index in [1.54, 1.807) is 14.0 Å². The van der Waals surface area contributed by atoms with Gasteiger partial charge in [0.25, 0.3) is 5.91 Å². The Morgan fingerprint density at radius 3 is 2.41 bits per heavy atom. The number of hydrogen-bond acceptors (Lipinski definition) is 3. The van der Waals surface area contributed by atoms with Gasteiger partial charge >= 0.3 is 6.03 Å². The van der Waals surface area contributed by atoms with Crippen LogP contribution in [0.3, 0.4) is 0 Å². The van der Waals surface area contributed by atoms with E-state index in [-0.39, 0.29) is 16.7 Å². The maximum atomic E-state index is 14.8. The molecule has 2 heterocycles. The summed E-state index contributed by atoms with van der Waals surface area (Å²) in [5.74, 6) is -1.45.